The maximum atomic E-state index is 12.0. The smallest absolute Gasteiger partial charge is 0.237 e. The van der Waals surface area contributed by atoms with E-state index >= 15 is 0 Å². The fraction of sp³-hybridized carbons (Fsp3) is 0.562. The van der Waals surface area contributed by atoms with E-state index in [0.29, 0.717) is 0 Å². The van der Waals surface area contributed by atoms with Crippen LogP contribution in [0.25, 0.3) is 0 Å². The molecule has 0 saturated carbocycles. The third kappa shape index (κ3) is 4.11. The molecule has 0 radical (unpaired) electrons. The van der Waals surface area contributed by atoms with Crippen molar-refractivity contribution >= 4 is 23.2 Å². The van der Waals surface area contributed by atoms with E-state index < -0.39 is 0 Å². The van der Waals surface area contributed by atoms with E-state index in [-0.39, 0.29) is 11.9 Å². The van der Waals surface area contributed by atoms with Gasteiger partial charge in [-0.2, -0.15) is 0 Å². The Bertz CT molecular complexity index is 472. The van der Waals surface area contributed by atoms with Crippen LogP contribution >= 0.6 is 11.6 Å². The maximum absolute atomic E-state index is 12.0. The second-order valence-electron chi connectivity index (χ2n) is 5.44. The monoisotopic (exact) mass is 309 g/mol. The molecule has 1 aliphatic rings. The summed E-state index contributed by atoms with van der Waals surface area (Å²) in [5.41, 5.74) is 1.09. The van der Waals surface area contributed by atoms with E-state index in [9.17, 15) is 4.79 Å². The number of hydrogen-bond acceptors (Lipinski definition) is 3. The van der Waals surface area contributed by atoms with Gasteiger partial charge in [0.25, 0.3) is 0 Å². The van der Waals surface area contributed by atoms with Crippen molar-refractivity contribution in [3.8, 4) is 0 Å². The van der Waals surface area contributed by atoms with Crippen molar-refractivity contribution in [1.82, 2.24) is 10.2 Å². The molecule has 1 N–H and O–H groups in total. The minimum absolute atomic E-state index is 0.0649. The quantitative estimate of drug-likeness (QED) is 0.907. The summed E-state index contributed by atoms with van der Waals surface area (Å²) in [7, 11) is 0. The Morgan fingerprint density at radius 3 is 2.57 bits per heavy atom. The number of carbonyl (C=O) groups is 1. The summed E-state index contributed by atoms with van der Waals surface area (Å²) in [6.07, 6.45) is 0.971. The maximum Gasteiger partial charge on any atom is 0.237 e. The first kappa shape index (κ1) is 16.1. The van der Waals surface area contributed by atoms with Crippen LogP contribution in [0.1, 0.15) is 20.3 Å². The molecule has 1 aromatic carbocycles. The van der Waals surface area contributed by atoms with Crippen LogP contribution < -0.4 is 10.2 Å². The van der Waals surface area contributed by atoms with Crippen LogP contribution in [0.3, 0.4) is 0 Å². The van der Waals surface area contributed by atoms with Crippen LogP contribution in [-0.4, -0.2) is 49.6 Å². The van der Waals surface area contributed by atoms with Gasteiger partial charge in [0.2, 0.25) is 5.91 Å². The Kier molecular flexibility index (Phi) is 5.88. The number of benzene rings is 1. The predicted octanol–water partition coefficient (Wildman–Crippen LogP) is 2.38. The van der Waals surface area contributed by atoms with Gasteiger partial charge in [0.15, 0.2) is 0 Å². The molecule has 1 atom stereocenters. The number of anilines is 1. The summed E-state index contributed by atoms with van der Waals surface area (Å²) in [5.74, 6) is 0.128. The van der Waals surface area contributed by atoms with Crippen LogP contribution in [0.4, 0.5) is 5.69 Å². The molecule has 0 spiro atoms. The fourth-order valence-electron chi connectivity index (χ4n) is 2.62. The highest BCUT2D eigenvalue weighted by Crippen LogP contribution is 2.26. The van der Waals surface area contributed by atoms with Crippen molar-refractivity contribution in [1.29, 1.82) is 0 Å². The molecule has 1 heterocycles. The zero-order valence-electron chi connectivity index (χ0n) is 12.8. The van der Waals surface area contributed by atoms with Crippen molar-refractivity contribution in [2.45, 2.75) is 26.3 Å². The molecule has 1 fully saturated rings. The number of carbonyl (C=O) groups excluding carboxylic acids is 1. The molecule has 2 rings (SSSR count). The number of nitrogens with zero attached hydrogens (tertiary/aromatic N) is 2. The highest BCUT2D eigenvalue weighted by Gasteiger charge is 2.25. The molecule has 5 heteroatoms. The summed E-state index contributed by atoms with van der Waals surface area (Å²) in [5, 5.41) is 3.76. The van der Waals surface area contributed by atoms with Crippen molar-refractivity contribution in [2.24, 2.45) is 0 Å². The van der Waals surface area contributed by atoms with Gasteiger partial charge in [0.1, 0.15) is 0 Å². The van der Waals surface area contributed by atoms with Crippen LogP contribution in [0.15, 0.2) is 24.3 Å². The molecule has 4 nitrogen and oxygen atoms in total. The van der Waals surface area contributed by atoms with Gasteiger partial charge in [-0.05, 0) is 25.5 Å². The molecule has 0 bridgehead atoms. The van der Waals surface area contributed by atoms with Crippen LogP contribution in [0.5, 0.6) is 0 Å². The van der Waals surface area contributed by atoms with E-state index in [1.165, 1.54) is 0 Å². The summed E-state index contributed by atoms with van der Waals surface area (Å²) in [4.78, 5) is 16.5. The number of nitrogens with one attached hydrogen (secondary N) is 1. The lowest BCUT2D eigenvalue weighted by molar-refractivity contribution is -0.126. The van der Waals surface area contributed by atoms with Crippen molar-refractivity contribution in [3.05, 3.63) is 29.3 Å². The zero-order chi connectivity index (χ0) is 15.2. The van der Waals surface area contributed by atoms with E-state index in [1.807, 2.05) is 25.1 Å². The van der Waals surface area contributed by atoms with E-state index in [1.54, 1.807) is 0 Å². The first-order chi connectivity index (χ1) is 10.1. The third-order valence-electron chi connectivity index (χ3n) is 3.98. The zero-order valence-corrected chi connectivity index (χ0v) is 13.6. The first-order valence-electron chi connectivity index (χ1n) is 7.64. The Labute approximate surface area is 132 Å². The largest absolute Gasteiger partial charge is 0.368 e. The SMILES string of the molecule is CCCNC(=O)C(C)N1CCN(c2ccccc2Cl)CC1. The Hall–Kier alpha value is -1.26. The minimum Gasteiger partial charge on any atom is -0.368 e. The summed E-state index contributed by atoms with van der Waals surface area (Å²) >= 11 is 6.24. The molecule has 116 valence electrons. The number of halogens is 1. The minimum atomic E-state index is -0.0649. The summed E-state index contributed by atoms with van der Waals surface area (Å²) < 4.78 is 0. The first-order valence-corrected chi connectivity index (χ1v) is 8.02. The van der Waals surface area contributed by atoms with Crippen molar-refractivity contribution < 1.29 is 4.79 Å². The molecule has 1 unspecified atom stereocenters. The Morgan fingerprint density at radius 2 is 1.95 bits per heavy atom. The summed E-state index contributed by atoms with van der Waals surface area (Å²) in [6.45, 7) is 8.36. The highest BCUT2D eigenvalue weighted by molar-refractivity contribution is 6.33. The van der Waals surface area contributed by atoms with Crippen LogP contribution in [0, 0.1) is 0 Å². The van der Waals surface area contributed by atoms with Gasteiger partial charge < -0.3 is 10.2 Å². The highest BCUT2D eigenvalue weighted by atomic mass is 35.5. The van der Waals surface area contributed by atoms with Crippen molar-refractivity contribution in [2.75, 3.05) is 37.6 Å². The number of rotatable bonds is 5. The standard InChI is InChI=1S/C16H24ClN3O/c1-3-8-18-16(21)13(2)19-9-11-20(12-10-19)15-7-5-4-6-14(15)17/h4-7,13H,3,8-12H2,1-2H3,(H,18,21). The molecule has 1 aromatic rings. The van der Waals surface area contributed by atoms with E-state index in [0.717, 1.165) is 49.9 Å². The molecule has 0 aromatic heterocycles. The lowest BCUT2D eigenvalue weighted by atomic mass is 10.2. The topological polar surface area (TPSA) is 35.6 Å². The molecular weight excluding hydrogens is 286 g/mol. The van der Waals surface area contributed by atoms with E-state index in [2.05, 4.69) is 28.1 Å². The average Bonchev–Trinajstić information content (AvgIpc) is 2.52. The Morgan fingerprint density at radius 1 is 1.29 bits per heavy atom. The van der Waals surface area contributed by atoms with Crippen LogP contribution in [-0.2, 0) is 4.79 Å². The Balaban J connectivity index is 1.88. The fourth-order valence-corrected chi connectivity index (χ4v) is 2.88. The molecular formula is C16H24ClN3O. The second-order valence-corrected chi connectivity index (χ2v) is 5.85. The number of amides is 1. The van der Waals surface area contributed by atoms with Gasteiger partial charge in [-0.15, -0.1) is 0 Å². The number of para-hydroxylation sites is 1. The molecule has 1 amide bonds. The third-order valence-corrected chi connectivity index (χ3v) is 4.30. The van der Waals surface area contributed by atoms with Crippen LogP contribution in [0.2, 0.25) is 5.02 Å². The lowest BCUT2D eigenvalue weighted by Crippen LogP contribution is -2.54. The predicted molar refractivity (Wildman–Crippen MR) is 88.0 cm³/mol. The van der Waals surface area contributed by atoms with Gasteiger partial charge in [-0.1, -0.05) is 30.7 Å². The summed E-state index contributed by atoms with van der Waals surface area (Å²) in [6, 6.07) is 7.86. The van der Waals surface area contributed by atoms with Gasteiger partial charge >= 0.3 is 0 Å². The molecule has 1 saturated heterocycles. The van der Waals surface area contributed by atoms with Gasteiger partial charge in [0.05, 0.1) is 16.8 Å². The van der Waals surface area contributed by atoms with E-state index in [4.69, 9.17) is 11.6 Å². The number of piperazine rings is 1. The normalized spacial score (nSPS) is 17.6. The molecule has 21 heavy (non-hydrogen) atoms. The molecule has 0 aliphatic carbocycles. The van der Waals surface area contributed by atoms with Gasteiger partial charge in [-0.25, -0.2) is 0 Å². The lowest BCUT2D eigenvalue weighted by Gasteiger charge is -2.38. The molecule has 1 aliphatic heterocycles. The van der Waals surface area contributed by atoms with Gasteiger partial charge in [-0.3, -0.25) is 9.69 Å². The second kappa shape index (κ2) is 7.66. The van der Waals surface area contributed by atoms with Gasteiger partial charge in [0, 0.05) is 32.7 Å². The average molecular weight is 310 g/mol. The number of hydrogen-bond donors (Lipinski definition) is 1. The van der Waals surface area contributed by atoms with Crippen molar-refractivity contribution in [3.63, 3.8) is 0 Å².